The van der Waals surface area contributed by atoms with Gasteiger partial charge in [0.25, 0.3) is 0 Å². The summed E-state index contributed by atoms with van der Waals surface area (Å²) in [5.41, 5.74) is 3.54. The molecular formula is C28H24BrNO3. The fourth-order valence-corrected chi connectivity index (χ4v) is 5.70. The van der Waals surface area contributed by atoms with E-state index in [1.54, 1.807) is 29.2 Å². The fourth-order valence-electron chi connectivity index (χ4n) is 5.34. The summed E-state index contributed by atoms with van der Waals surface area (Å²) in [7, 11) is 0. The van der Waals surface area contributed by atoms with Crippen LogP contribution in [-0.4, -0.2) is 24.0 Å². The molecule has 1 aliphatic heterocycles. The van der Waals surface area contributed by atoms with Gasteiger partial charge < -0.3 is 4.90 Å². The van der Waals surface area contributed by atoms with Crippen LogP contribution in [0.5, 0.6) is 0 Å². The molecule has 4 nitrogen and oxygen atoms in total. The van der Waals surface area contributed by atoms with Gasteiger partial charge in [-0.05, 0) is 44.5 Å². The first kappa shape index (κ1) is 21.8. The van der Waals surface area contributed by atoms with E-state index < -0.39 is 17.3 Å². The maximum atomic E-state index is 13.9. The summed E-state index contributed by atoms with van der Waals surface area (Å²) >= 11 is 3.53. The van der Waals surface area contributed by atoms with E-state index in [0.29, 0.717) is 17.7 Å². The van der Waals surface area contributed by atoms with E-state index in [1.165, 1.54) is 0 Å². The van der Waals surface area contributed by atoms with Gasteiger partial charge in [0.2, 0.25) is 5.91 Å². The summed E-state index contributed by atoms with van der Waals surface area (Å²) in [6.45, 7) is 6.32. The molecule has 3 aromatic rings. The number of hydrogen-bond donors (Lipinski definition) is 0. The Morgan fingerprint density at radius 3 is 1.79 bits per heavy atom. The van der Waals surface area contributed by atoms with Crippen LogP contribution in [0.3, 0.4) is 0 Å². The van der Waals surface area contributed by atoms with Crippen LogP contribution < -0.4 is 4.90 Å². The second-order valence-corrected chi connectivity index (χ2v) is 9.91. The molecule has 1 fully saturated rings. The number of carbonyl (C=O) groups excluding carboxylic acids is 3. The molecule has 0 bridgehead atoms. The summed E-state index contributed by atoms with van der Waals surface area (Å²) < 4.78 is 0.821. The number of nitrogens with zero attached hydrogens (tertiary/aromatic N) is 1. The minimum atomic E-state index is -1.17. The van der Waals surface area contributed by atoms with Gasteiger partial charge in [0.05, 0.1) is 17.3 Å². The number of carbonyl (C=O) groups is 3. The number of rotatable bonds is 5. The van der Waals surface area contributed by atoms with Crippen LogP contribution in [0.1, 0.15) is 44.3 Å². The third-order valence-corrected chi connectivity index (χ3v) is 7.55. The highest BCUT2D eigenvalue weighted by atomic mass is 79.9. The molecule has 1 amide bonds. The lowest BCUT2D eigenvalue weighted by atomic mass is 9.89. The average molecular weight is 502 g/mol. The van der Waals surface area contributed by atoms with Crippen molar-refractivity contribution in [2.45, 2.75) is 26.2 Å². The fraction of sp³-hybridized carbons (Fsp3) is 0.250. The molecule has 2 aliphatic rings. The van der Waals surface area contributed by atoms with Crippen LogP contribution in [-0.2, 0) is 10.2 Å². The van der Waals surface area contributed by atoms with E-state index in [1.807, 2.05) is 63.2 Å². The number of fused-ring (bicyclic) bond motifs is 2. The predicted molar refractivity (Wildman–Crippen MR) is 132 cm³/mol. The lowest BCUT2D eigenvalue weighted by Crippen LogP contribution is -2.35. The smallest absolute Gasteiger partial charge is 0.239 e. The van der Waals surface area contributed by atoms with Crippen molar-refractivity contribution in [2.24, 2.45) is 11.8 Å². The highest BCUT2D eigenvalue weighted by molar-refractivity contribution is 9.10. The van der Waals surface area contributed by atoms with Gasteiger partial charge in [0.1, 0.15) is 0 Å². The van der Waals surface area contributed by atoms with Crippen LogP contribution in [0.15, 0.2) is 71.2 Å². The number of Topliss-reactive ketones (excluding diaryl/α,β-unsaturated/α-hetero) is 2. The Balaban J connectivity index is 1.68. The van der Waals surface area contributed by atoms with Gasteiger partial charge in [-0.1, -0.05) is 75.6 Å². The molecule has 0 saturated heterocycles. The zero-order valence-corrected chi connectivity index (χ0v) is 20.3. The minimum absolute atomic E-state index is 0.155. The molecule has 3 aromatic carbocycles. The van der Waals surface area contributed by atoms with Crippen LogP contribution in [0.2, 0.25) is 0 Å². The summed E-state index contributed by atoms with van der Waals surface area (Å²) in [6, 6.07) is 20.4. The maximum Gasteiger partial charge on any atom is 0.239 e. The van der Waals surface area contributed by atoms with Crippen molar-refractivity contribution < 1.29 is 14.4 Å². The molecule has 2 atom stereocenters. The highest BCUT2D eigenvalue weighted by Crippen LogP contribution is 2.68. The first-order chi connectivity index (χ1) is 15.8. The topological polar surface area (TPSA) is 54.5 Å². The third-order valence-electron chi connectivity index (χ3n) is 7.05. The molecule has 0 aromatic heterocycles. The molecule has 1 heterocycles. The van der Waals surface area contributed by atoms with Crippen molar-refractivity contribution in [3.8, 4) is 0 Å². The normalized spacial score (nSPS) is 23.0. The van der Waals surface area contributed by atoms with Gasteiger partial charge in [-0.2, -0.15) is 0 Å². The predicted octanol–water partition coefficient (Wildman–Crippen LogP) is 5.68. The number of anilines is 1. The number of ketones is 2. The first-order valence-corrected chi connectivity index (χ1v) is 11.9. The largest absolute Gasteiger partial charge is 0.312 e. The second kappa shape index (κ2) is 7.77. The molecule has 0 unspecified atom stereocenters. The Hall–Kier alpha value is -3.05. The van der Waals surface area contributed by atoms with Crippen molar-refractivity contribution in [3.63, 3.8) is 0 Å². The SMILES string of the molecule is CCN1C(=O)C2(c3cc(Br)ccc31)[C@@H](C(=O)c1ccc(C)cc1)[C@@H]2C(=O)c1ccc(C)cc1. The highest BCUT2D eigenvalue weighted by Gasteiger charge is 2.79. The van der Waals surface area contributed by atoms with Crippen molar-refractivity contribution in [3.05, 3.63) is 99.0 Å². The molecule has 1 spiro atoms. The van der Waals surface area contributed by atoms with E-state index in [0.717, 1.165) is 26.9 Å². The Morgan fingerprint density at radius 1 is 0.848 bits per heavy atom. The van der Waals surface area contributed by atoms with Gasteiger partial charge in [-0.3, -0.25) is 14.4 Å². The van der Waals surface area contributed by atoms with E-state index in [-0.39, 0.29) is 17.5 Å². The number of likely N-dealkylation sites (N-methyl/N-ethyl adjacent to an activating group) is 1. The molecule has 1 aliphatic carbocycles. The van der Waals surface area contributed by atoms with Gasteiger partial charge in [0.15, 0.2) is 11.6 Å². The van der Waals surface area contributed by atoms with Gasteiger partial charge in [0, 0.05) is 27.8 Å². The van der Waals surface area contributed by atoms with Gasteiger partial charge in [-0.25, -0.2) is 0 Å². The summed E-state index contributed by atoms with van der Waals surface area (Å²) in [5, 5.41) is 0. The number of aryl methyl sites for hydroxylation is 2. The zero-order chi connectivity index (χ0) is 23.5. The molecule has 166 valence electrons. The Morgan fingerprint density at radius 2 is 1.33 bits per heavy atom. The van der Waals surface area contributed by atoms with Crippen LogP contribution >= 0.6 is 15.9 Å². The van der Waals surface area contributed by atoms with E-state index in [2.05, 4.69) is 15.9 Å². The monoisotopic (exact) mass is 501 g/mol. The number of amides is 1. The summed E-state index contributed by atoms with van der Waals surface area (Å²) in [4.78, 5) is 43.2. The third kappa shape index (κ3) is 3.13. The molecule has 5 heteroatoms. The van der Waals surface area contributed by atoms with Crippen LogP contribution in [0.25, 0.3) is 0 Å². The van der Waals surface area contributed by atoms with Crippen molar-refractivity contribution in [2.75, 3.05) is 11.4 Å². The standard InChI is InChI=1S/C28H24BrNO3/c1-4-30-22-14-13-20(29)15-21(22)28(27(30)33)23(25(31)18-9-5-16(2)6-10-18)24(28)26(32)19-11-7-17(3)8-12-19/h5-15,23-24H,4H2,1-3H3/t23-,24-/m1/s1. The first-order valence-electron chi connectivity index (χ1n) is 11.1. The summed E-state index contributed by atoms with van der Waals surface area (Å²) in [6.07, 6.45) is 0. The van der Waals surface area contributed by atoms with E-state index in [4.69, 9.17) is 0 Å². The van der Waals surface area contributed by atoms with E-state index in [9.17, 15) is 14.4 Å². The maximum absolute atomic E-state index is 13.9. The lowest BCUT2D eigenvalue weighted by molar-refractivity contribution is -0.120. The number of benzene rings is 3. The van der Waals surface area contributed by atoms with Gasteiger partial charge >= 0.3 is 0 Å². The van der Waals surface area contributed by atoms with Crippen molar-refractivity contribution in [1.82, 2.24) is 0 Å². The van der Waals surface area contributed by atoms with E-state index >= 15 is 0 Å². The Kier molecular flexibility index (Phi) is 5.13. The van der Waals surface area contributed by atoms with Crippen molar-refractivity contribution in [1.29, 1.82) is 0 Å². The van der Waals surface area contributed by atoms with Gasteiger partial charge in [-0.15, -0.1) is 0 Å². The quantitative estimate of drug-likeness (QED) is 0.422. The second-order valence-electron chi connectivity index (χ2n) is 9.00. The molecular weight excluding hydrogens is 478 g/mol. The van der Waals surface area contributed by atoms with Crippen LogP contribution in [0.4, 0.5) is 5.69 Å². The average Bonchev–Trinajstić information content (AvgIpc) is 3.45. The molecule has 0 radical (unpaired) electrons. The number of hydrogen-bond acceptors (Lipinski definition) is 3. The molecule has 1 saturated carbocycles. The zero-order valence-electron chi connectivity index (χ0n) is 18.8. The lowest BCUT2D eigenvalue weighted by Gasteiger charge is -2.15. The summed E-state index contributed by atoms with van der Waals surface area (Å²) in [5.74, 6) is -1.93. The Labute approximate surface area is 201 Å². The molecule has 5 rings (SSSR count). The molecule has 33 heavy (non-hydrogen) atoms. The van der Waals surface area contributed by atoms with Crippen LogP contribution in [0, 0.1) is 25.7 Å². The Bertz CT molecular complexity index is 1230. The minimum Gasteiger partial charge on any atom is -0.312 e. The van der Waals surface area contributed by atoms with Crippen molar-refractivity contribution >= 4 is 39.1 Å². The molecule has 0 N–H and O–H groups in total. The number of halogens is 1.